The molecule has 8 heteroatoms. The molecule has 0 bridgehead atoms. The largest absolute Gasteiger partial charge is 0.292 e. The van der Waals surface area contributed by atoms with Gasteiger partial charge in [-0.3, -0.25) is 9.47 Å². The average molecular weight is 518 g/mol. The van der Waals surface area contributed by atoms with Crippen molar-refractivity contribution in [3.8, 4) is 11.8 Å². The van der Waals surface area contributed by atoms with Crippen molar-refractivity contribution in [2.45, 2.75) is 31.5 Å². The van der Waals surface area contributed by atoms with Crippen LogP contribution in [0.4, 0.5) is 8.78 Å². The van der Waals surface area contributed by atoms with E-state index in [9.17, 15) is 9.65 Å². The van der Waals surface area contributed by atoms with E-state index in [-0.39, 0.29) is 12.0 Å². The lowest BCUT2D eigenvalue weighted by molar-refractivity contribution is 0.00813. The summed E-state index contributed by atoms with van der Waals surface area (Å²) in [6, 6.07) is 21.9. The molecule has 0 aliphatic carbocycles. The number of alkyl halides is 1. The van der Waals surface area contributed by atoms with Crippen LogP contribution in [-0.4, -0.2) is 38.4 Å². The van der Waals surface area contributed by atoms with E-state index < -0.39 is 17.4 Å². The van der Waals surface area contributed by atoms with Gasteiger partial charge in [-0.1, -0.05) is 35.9 Å². The second-order valence-electron chi connectivity index (χ2n) is 10.1. The molecule has 1 aliphatic heterocycles. The maximum Gasteiger partial charge on any atom is 0.125 e. The van der Waals surface area contributed by atoms with Crippen LogP contribution in [0.25, 0.3) is 5.69 Å². The fraction of sp³-hybridized carbons (Fsp3) is 0.276. The second-order valence-corrected chi connectivity index (χ2v) is 10.5. The predicted octanol–water partition coefficient (Wildman–Crippen LogP) is 6.48. The molecular formula is C29H26ClF2N5. The Hall–Kier alpha value is -3.60. The molecule has 188 valence electrons. The van der Waals surface area contributed by atoms with Crippen LogP contribution in [-0.2, 0) is 0 Å². The smallest absolute Gasteiger partial charge is 0.125 e. The van der Waals surface area contributed by atoms with Gasteiger partial charge < -0.3 is 0 Å². The number of nitriles is 1. The first-order valence-corrected chi connectivity index (χ1v) is 12.4. The highest BCUT2D eigenvalue weighted by Crippen LogP contribution is 2.46. The van der Waals surface area contributed by atoms with Gasteiger partial charge in [-0.05, 0) is 78.9 Å². The molecule has 0 amide bonds. The van der Waals surface area contributed by atoms with Crippen molar-refractivity contribution in [3.63, 3.8) is 0 Å². The van der Waals surface area contributed by atoms with Gasteiger partial charge in [0.2, 0.25) is 0 Å². The molecule has 4 aromatic rings. The van der Waals surface area contributed by atoms with Crippen LogP contribution in [0, 0.1) is 23.1 Å². The minimum Gasteiger partial charge on any atom is -0.292 e. The van der Waals surface area contributed by atoms with Crippen LogP contribution in [0.1, 0.15) is 48.1 Å². The first-order valence-electron chi connectivity index (χ1n) is 12.1. The minimum atomic E-state index is -1.58. The van der Waals surface area contributed by atoms with Crippen molar-refractivity contribution >= 4 is 11.6 Å². The summed E-state index contributed by atoms with van der Waals surface area (Å²) >= 11 is 6.14. The third-order valence-corrected chi connectivity index (χ3v) is 7.26. The second kappa shape index (κ2) is 10.0. The highest BCUT2D eigenvalue weighted by molar-refractivity contribution is 6.30. The van der Waals surface area contributed by atoms with E-state index in [4.69, 9.17) is 11.6 Å². The third-order valence-electron chi connectivity index (χ3n) is 7.01. The number of rotatable bonds is 7. The highest BCUT2D eigenvalue weighted by atomic mass is 35.5. The average Bonchev–Trinajstić information content (AvgIpc) is 3.38. The zero-order chi connectivity index (χ0) is 26.2. The molecule has 0 spiro atoms. The van der Waals surface area contributed by atoms with Crippen LogP contribution >= 0.6 is 11.6 Å². The molecule has 1 aromatic heterocycles. The van der Waals surface area contributed by atoms with E-state index in [1.165, 1.54) is 24.8 Å². The first-order chi connectivity index (χ1) is 17.7. The Morgan fingerprint density at radius 3 is 2.32 bits per heavy atom. The Morgan fingerprint density at radius 2 is 1.68 bits per heavy atom. The SMILES string of the molecule is CC(C)(F)C(c1cc(F)cc(-n2cnnc2)c1)C1CN(C(c2ccc(Cl)cc2)c2cccc(C#N)c2)C1. The van der Waals surface area contributed by atoms with Gasteiger partial charge in [0.15, 0.2) is 0 Å². The lowest BCUT2D eigenvalue weighted by atomic mass is 9.72. The number of halogens is 3. The first kappa shape index (κ1) is 25.1. The molecule has 2 unspecified atom stereocenters. The van der Waals surface area contributed by atoms with Gasteiger partial charge in [-0.15, -0.1) is 10.2 Å². The Bertz CT molecular complexity index is 1420. The van der Waals surface area contributed by atoms with Crippen molar-refractivity contribution in [3.05, 3.63) is 112 Å². The van der Waals surface area contributed by atoms with E-state index in [2.05, 4.69) is 21.2 Å². The molecule has 2 atom stereocenters. The maximum absolute atomic E-state index is 15.7. The monoisotopic (exact) mass is 517 g/mol. The molecule has 1 saturated heterocycles. The standard InChI is InChI=1S/C29H26ClF2N5/c1-29(2,32)27(22-11-25(31)13-26(12-22)37-17-34-35-18-37)23-15-36(16-23)28(20-6-8-24(30)9-7-20)21-5-3-4-19(10-21)14-33/h3-13,17-18,23,27-28H,15-16H2,1-2H3. The van der Waals surface area contributed by atoms with Crippen LogP contribution in [0.5, 0.6) is 0 Å². The lowest BCUT2D eigenvalue weighted by Gasteiger charge is -2.50. The summed E-state index contributed by atoms with van der Waals surface area (Å²) in [4.78, 5) is 2.27. The van der Waals surface area contributed by atoms with Crippen molar-refractivity contribution in [2.75, 3.05) is 13.1 Å². The molecule has 1 aliphatic rings. The molecule has 3 aromatic carbocycles. The highest BCUT2D eigenvalue weighted by Gasteiger charge is 2.45. The van der Waals surface area contributed by atoms with Crippen LogP contribution in [0.3, 0.4) is 0 Å². The summed E-state index contributed by atoms with van der Waals surface area (Å²) in [5, 5.41) is 17.7. The van der Waals surface area contributed by atoms with Gasteiger partial charge in [0.05, 0.1) is 23.4 Å². The summed E-state index contributed by atoms with van der Waals surface area (Å²) in [7, 11) is 0. The molecule has 5 rings (SSSR count). The Kier molecular flexibility index (Phi) is 6.80. The zero-order valence-corrected chi connectivity index (χ0v) is 21.3. The number of likely N-dealkylation sites (tertiary alicyclic amines) is 1. The van der Waals surface area contributed by atoms with Gasteiger partial charge in [-0.25, -0.2) is 8.78 Å². The Balaban J connectivity index is 1.47. The molecule has 1 fully saturated rings. The predicted molar refractivity (Wildman–Crippen MR) is 139 cm³/mol. The molecular weight excluding hydrogens is 492 g/mol. The van der Waals surface area contributed by atoms with Crippen LogP contribution in [0.2, 0.25) is 5.02 Å². The number of benzene rings is 3. The fourth-order valence-electron chi connectivity index (χ4n) is 5.50. The van der Waals surface area contributed by atoms with Crippen LogP contribution in [0.15, 0.2) is 79.4 Å². The van der Waals surface area contributed by atoms with Crippen molar-refractivity contribution < 1.29 is 8.78 Å². The quantitative estimate of drug-likeness (QED) is 0.281. The number of hydrogen-bond acceptors (Lipinski definition) is 4. The molecule has 2 heterocycles. The molecule has 0 N–H and O–H groups in total. The van der Waals surface area contributed by atoms with Gasteiger partial charge in [0.1, 0.15) is 24.1 Å². The fourth-order valence-corrected chi connectivity index (χ4v) is 5.62. The molecule has 0 saturated carbocycles. The van der Waals surface area contributed by atoms with E-state index >= 15 is 4.39 Å². The maximum atomic E-state index is 15.7. The Labute approximate surface area is 219 Å². The van der Waals surface area contributed by atoms with E-state index in [0.717, 1.165) is 11.1 Å². The Morgan fingerprint density at radius 1 is 0.973 bits per heavy atom. The third kappa shape index (κ3) is 5.27. The van der Waals surface area contributed by atoms with E-state index in [0.29, 0.717) is 34.9 Å². The number of aromatic nitrogens is 3. The molecule has 37 heavy (non-hydrogen) atoms. The summed E-state index contributed by atoms with van der Waals surface area (Å²) in [5.41, 5.74) is 2.18. The van der Waals surface area contributed by atoms with Crippen molar-refractivity contribution in [1.29, 1.82) is 5.26 Å². The number of nitrogens with zero attached hydrogens (tertiary/aromatic N) is 5. The topological polar surface area (TPSA) is 57.7 Å². The minimum absolute atomic E-state index is 0.0375. The van der Waals surface area contributed by atoms with Gasteiger partial charge in [-0.2, -0.15) is 5.26 Å². The van der Waals surface area contributed by atoms with Crippen molar-refractivity contribution in [1.82, 2.24) is 19.7 Å². The summed E-state index contributed by atoms with van der Waals surface area (Å²) < 4.78 is 32.0. The van der Waals surface area contributed by atoms with Gasteiger partial charge in [0.25, 0.3) is 0 Å². The zero-order valence-electron chi connectivity index (χ0n) is 20.5. The molecule has 5 nitrogen and oxygen atoms in total. The summed E-state index contributed by atoms with van der Waals surface area (Å²) in [6.45, 7) is 4.33. The summed E-state index contributed by atoms with van der Waals surface area (Å²) in [5.74, 6) is -0.991. The normalized spacial score (nSPS) is 16.1. The number of hydrogen-bond donors (Lipinski definition) is 0. The molecule has 0 radical (unpaired) electrons. The van der Waals surface area contributed by atoms with Gasteiger partial charge in [0, 0.05) is 24.0 Å². The van der Waals surface area contributed by atoms with E-state index in [1.54, 1.807) is 24.5 Å². The van der Waals surface area contributed by atoms with E-state index in [1.807, 2.05) is 48.5 Å². The lowest BCUT2D eigenvalue weighted by Crippen LogP contribution is -2.53. The summed E-state index contributed by atoms with van der Waals surface area (Å²) in [6.07, 6.45) is 2.98. The van der Waals surface area contributed by atoms with Crippen LogP contribution < -0.4 is 0 Å². The van der Waals surface area contributed by atoms with Crippen molar-refractivity contribution in [2.24, 2.45) is 5.92 Å². The van der Waals surface area contributed by atoms with Gasteiger partial charge >= 0.3 is 0 Å².